The van der Waals surface area contributed by atoms with Gasteiger partial charge < -0.3 is 19.5 Å². The number of carbonyl (C=O) groups is 1. The van der Waals surface area contributed by atoms with Crippen LogP contribution in [0.25, 0.3) is 11.5 Å². The Balaban J connectivity index is 1.53. The number of carbonyl (C=O) groups excluding carboxylic acids is 1. The van der Waals surface area contributed by atoms with Crippen molar-refractivity contribution in [1.82, 2.24) is 19.2 Å². The number of para-hydroxylation sites is 1. The van der Waals surface area contributed by atoms with Crippen molar-refractivity contribution in [3.8, 4) is 17.3 Å². The smallest absolute Gasteiger partial charge is 0.322 e. The zero-order valence-electron chi connectivity index (χ0n) is 21.7. The molecule has 39 heavy (non-hydrogen) atoms. The summed E-state index contributed by atoms with van der Waals surface area (Å²) in [5, 5.41) is 8.53. The second-order valence-electron chi connectivity index (χ2n) is 9.41. The van der Waals surface area contributed by atoms with Gasteiger partial charge in [0.1, 0.15) is 11.6 Å². The summed E-state index contributed by atoms with van der Waals surface area (Å²) in [7, 11) is 0. The number of nitrogens with zero attached hydrogens (tertiary/aromatic N) is 4. The first-order valence-electron chi connectivity index (χ1n) is 12.9. The number of rotatable bonds is 5. The van der Waals surface area contributed by atoms with Gasteiger partial charge in [-0.3, -0.25) is 0 Å². The predicted molar refractivity (Wildman–Crippen MR) is 153 cm³/mol. The summed E-state index contributed by atoms with van der Waals surface area (Å²) < 4.78 is 9.94. The molecule has 196 valence electrons. The van der Waals surface area contributed by atoms with Gasteiger partial charge in [0, 0.05) is 22.5 Å². The van der Waals surface area contributed by atoms with Crippen LogP contribution in [0.1, 0.15) is 35.5 Å². The molecule has 0 saturated carbocycles. The maximum Gasteiger partial charge on any atom is 0.322 e. The number of aryl methyl sites for hydroxylation is 1. The van der Waals surface area contributed by atoms with E-state index in [9.17, 15) is 4.79 Å². The largest absolute Gasteiger partial charge is 0.494 e. The standard InChI is InChI=1S/C31H28ClN5O2/c1-3-39-26-15-7-10-22(18-26)29-28-16-9-17-35(28)30-27(21(2)34-37(30)25-13-5-4-6-14-25)20-36(29)31(38)33-24-12-8-11-23(32)19-24/h4-19,29H,3,20H2,1-2H3,(H,33,38)/t29-/m0/s1. The number of benzene rings is 3. The zero-order chi connectivity index (χ0) is 26.9. The molecule has 3 aromatic carbocycles. The highest BCUT2D eigenvalue weighted by atomic mass is 35.5. The molecule has 1 atom stereocenters. The van der Waals surface area contributed by atoms with Crippen molar-refractivity contribution in [3.05, 3.63) is 125 Å². The topological polar surface area (TPSA) is 64.3 Å². The van der Waals surface area contributed by atoms with Crippen molar-refractivity contribution >= 4 is 23.3 Å². The number of halogens is 1. The molecule has 1 aliphatic rings. The van der Waals surface area contributed by atoms with Crippen LogP contribution >= 0.6 is 11.6 Å². The van der Waals surface area contributed by atoms with Crippen molar-refractivity contribution in [1.29, 1.82) is 0 Å². The average Bonchev–Trinajstić information content (AvgIpc) is 3.50. The second kappa shape index (κ2) is 10.3. The van der Waals surface area contributed by atoms with E-state index in [1.807, 2.05) is 102 Å². The molecule has 8 heteroatoms. The van der Waals surface area contributed by atoms with Gasteiger partial charge in [0.15, 0.2) is 0 Å². The third-order valence-electron chi connectivity index (χ3n) is 6.91. The Morgan fingerprint density at radius 2 is 1.85 bits per heavy atom. The van der Waals surface area contributed by atoms with Crippen molar-refractivity contribution in [3.63, 3.8) is 0 Å². The highest BCUT2D eigenvalue weighted by Gasteiger charge is 2.36. The van der Waals surface area contributed by atoms with Crippen LogP contribution in [0.2, 0.25) is 5.02 Å². The van der Waals surface area contributed by atoms with E-state index in [1.54, 1.807) is 12.1 Å². The number of fused-ring (bicyclic) bond motifs is 3. The van der Waals surface area contributed by atoms with E-state index < -0.39 is 6.04 Å². The van der Waals surface area contributed by atoms with Crippen molar-refractivity contribution < 1.29 is 9.53 Å². The SMILES string of the molecule is CCOc1cccc([C@H]2c3cccn3-c3c(c(C)nn3-c3ccccc3)CN2C(=O)Nc2cccc(Cl)c2)c1. The third kappa shape index (κ3) is 4.66. The van der Waals surface area contributed by atoms with Gasteiger partial charge in [-0.25, -0.2) is 9.48 Å². The Morgan fingerprint density at radius 3 is 2.64 bits per heavy atom. The summed E-state index contributed by atoms with van der Waals surface area (Å²) in [6.07, 6.45) is 2.03. The average molecular weight is 538 g/mol. The molecule has 3 heterocycles. The van der Waals surface area contributed by atoms with Crippen LogP contribution in [0.4, 0.5) is 10.5 Å². The van der Waals surface area contributed by atoms with Crippen LogP contribution in [0.15, 0.2) is 97.2 Å². The number of amides is 2. The molecular formula is C31H28ClN5O2. The van der Waals surface area contributed by atoms with E-state index in [-0.39, 0.29) is 6.03 Å². The highest BCUT2D eigenvalue weighted by molar-refractivity contribution is 6.30. The van der Waals surface area contributed by atoms with Crippen LogP contribution in [-0.2, 0) is 6.54 Å². The number of anilines is 1. The first-order chi connectivity index (χ1) is 19.0. The van der Waals surface area contributed by atoms with Crippen molar-refractivity contribution in [2.75, 3.05) is 11.9 Å². The maximum atomic E-state index is 14.1. The Morgan fingerprint density at radius 1 is 1.03 bits per heavy atom. The van der Waals surface area contributed by atoms with Crippen LogP contribution in [0, 0.1) is 6.92 Å². The third-order valence-corrected chi connectivity index (χ3v) is 7.14. The first kappa shape index (κ1) is 24.8. The zero-order valence-corrected chi connectivity index (χ0v) is 22.5. The van der Waals surface area contributed by atoms with Gasteiger partial charge in [0.25, 0.3) is 0 Å². The molecule has 0 aliphatic carbocycles. The molecule has 5 aromatic rings. The van der Waals surface area contributed by atoms with Crippen LogP contribution in [-0.4, -0.2) is 31.9 Å². The summed E-state index contributed by atoms with van der Waals surface area (Å²) in [5.74, 6) is 1.68. The molecule has 0 spiro atoms. The Kier molecular flexibility index (Phi) is 6.59. The minimum atomic E-state index is -0.393. The van der Waals surface area contributed by atoms with E-state index in [0.29, 0.717) is 23.9 Å². The van der Waals surface area contributed by atoms with E-state index in [1.165, 1.54) is 0 Å². The Bertz CT molecular complexity index is 1640. The number of hydrogen-bond donors (Lipinski definition) is 1. The van der Waals surface area contributed by atoms with Gasteiger partial charge in [-0.1, -0.05) is 48.0 Å². The van der Waals surface area contributed by atoms with Gasteiger partial charge in [0.05, 0.1) is 36.3 Å². The monoisotopic (exact) mass is 537 g/mol. The molecular weight excluding hydrogens is 510 g/mol. The number of hydrogen-bond acceptors (Lipinski definition) is 3. The van der Waals surface area contributed by atoms with Gasteiger partial charge in [0.2, 0.25) is 0 Å². The molecule has 2 aromatic heterocycles. The molecule has 0 saturated heterocycles. The highest BCUT2D eigenvalue weighted by Crippen LogP contribution is 2.39. The lowest BCUT2D eigenvalue weighted by Crippen LogP contribution is -2.38. The molecule has 1 aliphatic heterocycles. The van der Waals surface area contributed by atoms with Gasteiger partial charge in [-0.2, -0.15) is 5.10 Å². The van der Waals surface area contributed by atoms with Gasteiger partial charge >= 0.3 is 6.03 Å². The van der Waals surface area contributed by atoms with E-state index in [2.05, 4.69) is 16.0 Å². The Labute approximate surface area is 232 Å². The molecule has 0 fully saturated rings. The molecule has 2 amide bonds. The number of urea groups is 1. The first-order valence-corrected chi connectivity index (χ1v) is 13.3. The summed E-state index contributed by atoms with van der Waals surface area (Å²) in [6.45, 7) is 4.86. The van der Waals surface area contributed by atoms with Gasteiger partial charge in [-0.15, -0.1) is 0 Å². The lowest BCUT2D eigenvalue weighted by molar-refractivity contribution is 0.194. The lowest BCUT2D eigenvalue weighted by Gasteiger charge is -2.31. The van der Waals surface area contributed by atoms with Crippen LogP contribution in [0.5, 0.6) is 5.75 Å². The summed E-state index contributed by atoms with van der Waals surface area (Å²) >= 11 is 6.22. The van der Waals surface area contributed by atoms with E-state index in [0.717, 1.165) is 39.8 Å². The maximum absolute atomic E-state index is 14.1. The fourth-order valence-corrected chi connectivity index (χ4v) is 5.39. The lowest BCUT2D eigenvalue weighted by atomic mass is 10.0. The number of ether oxygens (including phenoxy) is 1. The Hall–Kier alpha value is -4.49. The van der Waals surface area contributed by atoms with Crippen molar-refractivity contribution in [2.24, 2.45) is 0 Å². The minimum Gasteiger partial charge on any atom is -0.494 e. The molecule has 6 rings (SSSR count). The van der Waals surface area contributed by atoms with Gasteiger partial charge in [-0.05, 0) is 74.0 Å². The van der Waals surface area contributed by atoms with E-state index >= 15 is 0 Å². The minimum absolute atomic E-state index is 0.239. The summed E-state index contributed by atoms with van der Waals surface area (Å²) in [4.78, 5) is 15.9. The predicted octanol–water partition coefficient (Wildman–Crippen LogP) is 7.16. The molecule has 0 unspecified atom stereocenters. The molecule has 7 nitrogen and oxygen atoms in total. The fourth-order valence-electron chi connectivity index (χ4n) is 5.20. The van der Waals surface area contributed by atoms with Crippen LogP contribution < -0.4 is 10.1 Å². The normalized spacial score (nSPS) is 14.3. The summed E-state index contributed by atoms with van der Waals surface area (Å²) in [6, 6.07) is 28.6. The molecule has 1 N–H and O–H groups in total. The van der Waals surface area contributed by atoms with Crippen molar-refractivity contribution in [2.45, 2.75) is 26.4 Å². The summed E-state index contributed by atoms with van der Waals surface area (Å²) in [5.41, 5.74) is 5.31. The second-order valence-corrected chi connectivity index (χ2v) is 9.85. The number of nitrogens with one attached hydrogen (secondary N) is 1. The fraction of sp³-hybridized carbons (Fsp3) is 0.161. The van der Waals surface area contributed by atoms with Crippen LogP contribution in [0.3, 0.4) is 0 Å². The molecule has 0 bridgehead atoms. The number of aromatic nitrogens is 3. The van der Waals surface area contributed by atoms with E-state index in [4.69, 9.17) is 21.4 Å². The molecule has 0 radical (unpaired) electrons. The quantitative estimate of drug-likeness (QED) is 0.259.